The number of benzene rings is 2. The molecule has 0 spiro atoms. The number of hydrogen-bond acceptors (Lipinski definition) is 4. The zero-order valence-corrected chi connectivity index (χ0v) is 19.9. The fraction of sp³-hybridized carbons (Fsp3) is 0.333. The van der Waals surface area contributed by atoms with Crippen molar-refractivity contribution in [1.82, 2.24) is 14.3 Å². The molecule has 2 fully saturated rings. The van der Waals surface area contributed by atoms with Crippen LogP contribution >= 0.6 is 11.6 Å². The summed E-state index contributed by atoms with van der Waals surface area (Å²) in [4.78, 5) is 25.0. The lowest BCUT2D eigenvalue weighted by atomic mass is 9.95. The zero-order valence-electron chi connectivity index (χ0n) is 19.1. The number of amides is 1. The van der Waals surface area contributed by atoms with Gasteiger partial charge in [0.05, 0.1) is 16.6 Å². The van der Waals surface area contributed by atoms with Gasteiger partial charge in [0.25, 0.3) is 0 Å². The van der Waals surface area contributed by atoms with Gasteiger partial charge in [-0.1, -0.05) is 29.8 Å². The number of para-hydroxylation sites is 2. The second-order valence-corrected chi connectivity index (χ2v) is 9.68. The molecule has 0 saturated carbocycles. The maximum Gasteiger partial charge on any atom is 0.225 e. The Morgan fingerprint density at radius 2 is 1.59 bits per heavy atom. The largest absolute Gasteiger partial charge is 0.368 e. The Morgan fingerprint density at radius 3 is 2.38 bits per heavy atom. The molecule has 1 amide bonds. The van der Waals surface area contributed by atoms with Gasteiger partial charge in [-0.25, -0.2) is 4.98 Å². The maximum atomic E-state index is 13.3. The minimum Gasteiger partial charge on any atom is -0.368 e. The van der Waals surface area contributed by atoms with Crippen LogP contribution in [0.2, 0.25) is 5.02 Å². The molecule has 2 aromatic heterocycles. The molecule has 2 aromatic carbocycles. The summed E-state index contributed by atoms with van der Waals surface area (Å²) >= 11 is 6.15. The van der Waals surface area contributed by atoms with Crippen molar-refractivity contribution in [3.8, 4) is 0 Å². The van der Waals surface area contributed by atoms with Gasteiger partial charge >= 0.3 is 0 Å². The second kappa shape index (κ2) is 8.84. The molecular formula is C27H28ClN5O. The van der Waals surface area contributed by atoms with Gasteiger partial charge in [0.15, 0.2) is 5.82 Å². The van der Waals surface area contributed by atoms with E-state index < -0.39 is 0 Å². The Hall–Kier alpha value is -3.25. The number of aromatic nitrogens is 2. The predicted octanol–water partition coefficient (Wildman–Crippen LogP) is 4.71. The van der Waals surface area contributed by atoms with Crippen molar-refractivity contribution in [1.29, 1.82) is 0 Å². The van der Waals surface area contributed by atoms with E-state index in [0.717, 1.165) is 85.2 Å². The quantitative estimate of drug-likeness (QED) is 0.432. The Balaban J connectivity index is 1.11. The molecule has 0 aliphatic carbocycles. The summed E-state index contributed by atoms with van der Waals surface area (Å²) in [5, 5.41) is 0.751. The molecule has 0 atom stereocenters. The van der Waals surface area contributed by atoms with Crippen LogP contribution in [-0.2, 0) is 4.79 Å². The summed E-state index contributed by atoms with van der Waals surface area (Å²) in [6, 6.07) is 20.4. The number of carbonyl (C=O) groups is 1. The third-order valence-electron chi connectivity index (χ3n) is 7.25. The lowest BCUT2D eigenvalue weighted by Gasteiger charge is -2.39. The van der Waals surface area contributed by atoms with Gasteiger partial charge in [-0.05, 0) is 55.3 Å². The van der Waals surface area contributed by atoms with Crippen molar-refractivity contribution in [2.75, 3.05) is 49.1 Å². The lowest BCUT2D eigenvalue weighted by molar-refractivity contribution is -0.136. The topological polar surface area (TPSA) is 44.1 Å². The molecule has 0 unspecified atom stereocenters. The van der Waals surface area contributed by atoms with Gasteiger partial charge in [0, 0.05) is 62.1 Å². The van der Waals surface area contributed by atoms with Gasteiger partial charge < -0.3 is 19.1 Å². The van der Waals surface area contributed by atoms with Gasteiger partial charge in [0.2, 0.25) is 5.91 Å². The van der Waals surface area contributed by atoms with Gasteiger partial charge in [-0.2, -0.15) is 0 Å². The van der Waals surface area contributed by atoms with Crippen LogP contribution < -0.4 is 9.80 Å². The maximum absolute atomic E-state index is 13.3. The van der Waals surface area contributed by atoms with Crippen molar-refractivity contribution in [2.24, 2.45) is 5.92 Å². The molecule has 2 aliphatic heterocycles. The lowest BCUT2D eigenvalue weighted by Crippen LogP contribution is -2.51. The second-order valence-electron chi connectivity index (χ2n) is 9.24. The highest BCUT2D eigenvalue weighted by atomic mass is 35.5. The van der Waals surface area contributed by atoms with Gasteiger partial charge in [-0.3, -0.25) is 4.79 Å². The van der Waals surface area contributed by atoms with E-state index in [-0.39, 0.29) is 5.92 Å². The first kappa shape index (κ1) is 21.3. The first-order valence-corrected chi connectivity index (χ1v) is 12.5. The molecule has 34 heavy (non-hydrogen) atoms. The molecule has 4 heterocycles. The Kier molecular flexibility index (Phi) is 5.53. The van der Waals surface area contributed by atoms with E-state index in [2.05, 4.69) is 61.7 Å². The summed E-state index contributed by atoms with van der Waals surface area (Å²) < 4.78 is 2.22. The van der Waals surface area contributed by atoms with Crippen molar-refractivity contribution in [3.05, 3.63) is 71.9 Å². The number of nitrogens with zero attached hydrogens (tertiary/aromatic N) is 5. The third kappa shape index (κ3) is 3.86. The van der Waals surface area contributed by atoms with Crippen LogP contribution in [0.5, 0.6) is 0 Å². The summed E-state index contributed by atoms with van der Waals surface area (Å²) in [6.07, 6.45) is 3.84. The van der Waals surface area contributed by atoms with Gasteiger partial charge in [-0.15, -0.1) is 0 Å². The molecule has 0 bridgehead atoms. The molecule has 7 heteroatoms. The highest BCUT2D eigenvalue weighted by molar-refractivity contribution is 6.30. The predicted molar refractivity (Wildman–Crippen MR) is 138 cm³/mol. The van der Waals surface area contributed by atoms with Crippen molar-refractivity contribution in [3.63, 3.8) is 0 Å². The van der Waals surface area contributed by atoms with Crippen molar-refractivity contribution < 1.29 is 4.79 Å². The molecule has 0 N–H and O–H groups in total. The van der Waals surface area contributed by atoms with Crippen molar-refractivity contribution >= 4 is 45.6 Å². The van der Waals surface area contributed by atoms with Crippen LogP contribution in [0.4, 0.5) is 11.5 Å². The minimum absolute atomic E-state index is 0.0947. The molecule has 174 valence electrons. The first-order chi connectivity index (χ1) is 16.7. The fourth-order valence-corrected chi connectivity index (χ4v) is 5.58. The Morgan fingerprint density at radius 1 is 0.824 bits per heavy atom. The monoisotopic (exact) mass is 473 g/mol. The fourth-order valence-electron chi connectivity index (χ4n) is 5.39. The molecule has 6 rings (SSSR count). The number of rotatable bonds is 3. The number of hydrogen-bond donors (Lipinski definition) is 0. The van der Waals surface area contributed by atoms with E-state index in [9.17, 15) is 4.79 Å². The summed E-state index contributed by atoms with van der Waals surface area (Å²) in [5.74, 6) is 1.42. The van der Waals surface area contributed by atoms with E-state index in [0.29, 0.717) is 5.91 Å². The van der Waals surface area contributed by atoms with E-state index >= 15 is 0 Å². The Bertz CT molecular complexity index is 1340. The number of piperidine rings is 1. The molecular weight excluding hydrogens is 446 g/mol. The third-order valence-corrected chi connectivity index (χ3v) is 7.49. The number of fused-ring (bicyclic) bond motifs is 3. The number of anilines is 2. The molecule has 0 radical (unpaired) electrons. The number of piperazine rings is 1. The highest BCUT2D eigenvalue weighted by Gasteiger charge is 2.31. The van der Waals surface area contributed by atoms with Crippen LogP contribution in [0.1, 0.15) is 12.8 Å². The van der Waals surface area contributed by atoms with E-state index in [1.807, 2.05) is 24.3 Å². The SMILES string of the molecule is O=C(C1CCN(c2nc3ccccc3n3cccc23)CC1)N1CCN(c2cccc(Cl)c2)CC1. The van der Waals surface area contributed by atoms with Crippen LogP contribution in [0.15, 0.2) is 66.9 Å². The van der Waals surface area contributed by atoms with Crippen molar-refractivity contribution in [2.45, 2.75) is 12.8 Å². The summed E-state index contributed by atoms with van der Waals surface area (Å²) in [6.45, 7) is 4.93. The smallest absolute Gasteiger partial charge is 0.225 e. The number of halogens is 1. The van der Waals surface area contributed by atoms with Crippen LogP contribution in [0.25, 0.3) is 16.6 Å². The molecule has 6 nitrogen and oxygen atoms in total. The van der Waals surface area contributed by atoms with E-state index in [4.69, 9.17) is 16.6 Å². The average molecular weight is 474 g/mol. The molecule has 2 aliphatic rings. The highest BCUT2D eigenvalue weighted by Crippen LogP contribution is 2.30. The standard InChI is InChI=1S/C27H28ClN5O/c28-21-5-3-6-22(19-21)30-15-17-32(18-16-30)27(34)20-10-13-31(14-11-20)26-25-9-4-12-33(25)24-8-2-1-7-23(24)29-26/h1-9,12,19-20H,10-11,13-18H2. The van der Waals surface area contributed by atoms with E-state index in [1.54, 1.807) is 0 Å². The minimum atomic E-state index is 0.0947. The first-order valence-electron chi connectivity index (χ1n) is 12.1. The zero-order chi connectivity index (χ0) is 23.1. The van der Waals surface area contributed by atoms with Crippen LogP contribution in [0.3, 0.4) is 0 Å². The van der Waals surface area contributed by atoms with Crippen LogP contribution in [0, 0.1) is 5.92 Å². The summed E-state index contributed by atoms with van der Waals surface area (Å²) in [7, 11) is 0. The Labute approximate surface area is 204 Å². The van der Waals surface area contributed by atoms with E-state index in [1.165, 1.54) is 0 Å². The average Bonchev–Trinajstić information content (AvgIpc) is 3.39. The van der Waals surface area contributed by atoms with Gasteiger partial charge in [0.1, 0.15) is 0 Å². The summed E-state index contributed by atoms with van der Waals surface area (Å²) in [5.41, 5.74) is 4.37. The molecule has 2 saturated heterocycles. The molecule has 4 aromatic rings. The normalized spacial score (nSPS) is 17.6. The van der Waals surface area contributed by atoms with Crippen LogP contribution in [-0.4, -0.2) is 59.5 Å². The number of carbonyl (C=O) groups excluding carboxylic acids is 1.